The highest BCUT2D eigenvalue weighted by Crippen LogP contribution is 2.15. The molecule has 0 saturated carbocycles. The molecule has 94 valence electrons. The van der Waals surface area contributed by atoms with Gasteiger partial charge in [0.15, 0.2) is 0 Å². The summed E-state index contributed by atoms with van der Waals surface area (Å²) in [6, 6.07) is 7.96. The van der Waals surface area contributed by atoms with Crippen molar-refractivity contribution in [2.75, 3.05) is 20.6 Å². The van der Waals surface area contributed by atoms with Gasteiger partial charge in [0.1, 0.15) is 0 Å². The number of hydrogen-bond acceptors (Lipinski definition) is 2. The van der Waals surface area contributed by atoms with Crippen molar-refractivity contribution in [2.24, 2.45) is 0 Å². The summed E-state index contributed by atoms with van der Waals surface area (Å²) in [4.78, 5) is 13.0. The number of benzene rings is 1. The Morgan fingerprint density at radius 3 is 2.47 bits per heavy atom. The Bertz CT molecular complexity index is 362. The van der Waals surface area contributed by atoms with E-state index in [4.69, 9.17) is 11.6 Å². The molecular weight excluding hydrogens is 236 g/mol. The average molecular weight is 255 g/mol. The van der Waals surface area contributed by atoms with Gasteiger partial charge in [-0.3, -0.25) is 4.79 Å². The second-order valence-electron chi connectivity index (χ2n) is 4.27. The first-order valence-corrected chi connectivity index (χ1v) is 6.07. The number of carbonyl (C=O) groups excluding carboxylic acids is 1. The fourth-order valence-corrected chi connectivity index (χ4v) is 1.61. The van der Waals surface area contributed by atoms with Crippen molar-refractivity contribution in [3.63, 3.8) is 0 Å². The van der Waals surface area contributed by atoms with E-state index in [9.17, 15) is 4.79 Å². The number of rotatable bonds is 5. The molecule has 0 spiro atoms. The van der Waals surface area contributed by atoms with Crippen molar-refractivity contribution in [3.05, 3.63) is 34.9 Å². The van der Waals surface area contributed by atoms with Crippen molar-refractivity contribution in [2.45, 2.75) is 19.4 Å². The van der Waals surface area contributed by atoms with Crippen LogP contribution in [0.3, 0.4) is 0 Å². The summed E-state index contributed by atoms with van der Waals surface area (Å²) in [6.45, 7) is 2.75. The van der Waals surface area contributed by atoms with Crippen molar-refractivity contribution in [1.29, 1.82) is 0 Å². The summed E-state index contributed by atoms with van der Waals surface area (Å²) in [7, 11) is 3.54. The number of hydrogen-bond donors (Lipinski definition) is 1. The highest BCUT2D eigenvalue weighted by atomic mass is 35.5. The second kappa shape index (κ2) is 6.62. The molecule has 4 heteroatoms. The fourth-order valence-electron chi connectivity index (χ4n) is 1.49. The third kappa shape index (κ3) is 4.75. The first kappa shape index (κ1) is 14.0. The highest BCUT2D eigenvalue weighted by Gasteiger charge is 2.07. The maximum absolute atomic E-state index is 11.4. The van der Waals surface area contributed by atoms with Crippen molar-refractivity contribution >= 4 is 17.5 Å². The number of nitrogens with one attached hydrogen (secondary N) is 1. The molecule has 1 aromatic rings. The predicted molar refractivity (Wildman–Crippen MR) is 71.2 cm³/mol. The topological polar surface area (TPSA) is 32.3 Å². The van der Waals surface area contributed by atoms with Crippen molar-refractivity contribution in [1.82, 2.24) is 10.2 Å². The maximum Gasteiger partial charge on any atom is 0.223 e. The van der Waals surface area contributed by atoms with E-state index in [0.29, 0.717) is 13.0 Å². The van der Waals surface area contributed by atoms with E-state index >= 15 is 0 Å². The Balaban J connectivity index is 2.37. The Morgan fingerprint density at radius 2 is 1.94 bits per heavy atom. The van der Waals surface area contributed by atoms with Crippen LogP contribution in [0.15, 0.2) is 24.3 Å². The summed E-state index contributed by atoms with van der Waals surface area (Å²) < 4.78 is 0. The molecule has 0 heterocycles. The van der Waals surface area contributed by atoms with Gasteiger partial charge in [0, 0.05) is 38.1 Å². The van der Waals surface area contributed by atoms with Crippen LogP contribution in [0, 0.1) is 0 Å². The van der Waals surface area contributed by atoms with E-state index in [1.165, 1.54) is 5.56 Å². The van der Waals surface area contributed by atoms with Gasteiger partial charge in [-0.2, -0.15) is 0 Å². The molecule has 0 aliphatic heterocycles. The number of nitrogens with zero attached hydrogens (tertiary/aromatic N) is 1. The van der Waals surface area contributed by atoms with E-state index < -0.39 is 0 Å². The summed E-state index contributed by atoms with van der Waals surface area (Å²) in [5, 5.41) is 4.05. The average Bonchev–Trinajstić information content (AvgIpc) is 2.29. The van der Waals surface area contributed by atoms with E-state index in [-0.39, 0.29) is 11.9 Å². The largest absolute Gasteiger partial charge is 0.349 e. The fraction of sp³-hybridized carbons (Fsp3) is 0.462. The van der Waals surface area contributed by atoms with Crippen LogP contribution in [0.4, 0.5) is 0 Å². The number of carbonyl (C=O) groups is 1. The smallest absolute Gasteiger partial charge is 0.223 e. The summed E-state index contributed by atoms with van der Waals surface area (Å²) in [5.41, 5.74) is 1.17. The molecule has 0 fully saturated rings. The third-order valence-corrected chi connectivity index (χ3v) is 2.91. The van der Waals surface area contributed by atoms with Crippen LogP contribution >= 0.6 is 11.6 Å². The van der Waals surface area contributed by atoms with E-state index in [0.717, 1.165) is 5.02 Å². The van der Waals surface area contributed by atoms with E-state index in [1.54, 1.807) is 19.0 Å². The van der Waals surface area contributed by atoms with Crippen LogP contribution in [-0.2, 0) is 4.79 Å². The van der Waals surface area contributed by atoms with Gasteiger partial charge in [-0.1, -0.05) is 23.7 Å². The van der Waals surface area contributed by atoms with Crippen LogP contribution in [0.2, 0.25) is 5.02 Å². The zero-order chi connectivity index (χ0) is 12.8. The molecule has 1 rings (SSSR count). The first-order valence-electron chi connectivity index (χ1n) is 5.69. The van der Waals surface area contributed by atoms with Crippen LogP contribution in [-0.4, -0.2) is 31.4 Å². The number of amides is 1. The maximum atomic E-state index is 11.4. The zero-order valence-corrected chi connectivity index (χ0v) is 11.3. The molecule has 0 aromatic heterocycles. The Hall–Kier alpha value is -1.06. The van der Waals surface area contributed by atoms with Gasteiger partial charge in [-0.05, 0) is 24.6 Å². The Morgan fingerprint density at radius 1 is 1.35 bits per heavy atom. The van der Waals surface area contributed by atoms with Gasteiger partial charge in [0.25, 0.3) is 0 Å². The van der Waals surface area contributed by atoms with E-state index in [1.807, 2.05) is 24.3 Å². The van der Waals surface area contributed by atoms with E-state index in [2.05, 4.69) is 12.2 Å². The lowest BCUT2D eigenvalue weighted by Gasteiger charge is -2.15. The van der Waals surface area contributed by atoms with Gasteiger partial charge < -0.3 is 10.2 Å². The first-order chi connectivity index (χ1) is 8.00. The number of halogens is 1. The van der Waals surface area contributed by atoms with Crippen LogP contribution in [0.1, 0.15) is 24.9 Å². The molecule has 1 N–H and O–H groups in total. The minimum absolute atomic E-state index is 0.140. The Labute approximate surface area is 108 Å². The third-order valence-electron chi connectivity index (χ3n) is 2.66. The molecule has 17 heavy (non-hydrogen) atoms. The molecule has 0 aliphatic carbocycles. The minimum Gasteiger partial charge on any atom is -0.349 e. The molecule has 1 aromatic carbocycles. The predicted octanol–water partition coefficient (Wildman–Crippen LogP) is 2.47. The Kier molecular flexibility index (Phi) is 5.45. The summed E-state index contributed by atoms with van der Waals surface area (Å²) >= 11 is 5.83. The summed E-state index contributed by atoms with van der Waals surface area (Å²) in [6.07, 6.45) is 0.519. The van der Waals surface area contributed by atoms with Gasteiger partial charge in [0.2, 0.25) is 5.91 Å². The molecule has 3 nitrogen and oxygen atoms in total. The normalized spacial score (nSPS) is 12.2. The molecule has 1 atom stereocenters. The van der Waals surface area contributed by atoms with Gasteiger partial charge >= 0.3 is 0 Å². The van der Waals surface area contributed by atoms with Gasteiger partial charge in [-0.25, -0.2) is 0 Å². The molecule has 0 saturated heterocycles. The van der Waals surface area contributed by atoms with Crippen molar-refractivity contribution in [3.8, 4) is 0 Å². The SMILES string of the molecule is C[C@H](NCCC(=O)N(C)C)c1ccc(Cl)cc1. The second-order valence-corrected chi connectivity index (χ2v) is 4.70. The van der Waals surface area contributed by atoms with Crippen molar-refractivity contribution < 1.29 is 4.79 Å². The van der Waals surface area contributed by atoms with Crippen LogP contribution in [0.25, 0.3) is 0 Å². The lowest BCUT2D eigenvalue weighted by atomic mass is 10.1. The molecular formula is C13H19ClN2O. The minimum atomic E-state index is 0.140. The monoisotopic (exact) mass is 254 g/mol. The molecule has 0 unspecified atom stereocenters. The molecule has 0 aliphatic rings. The molecule has 0 radical (unpaired) electrons. The highest BCUT2D eigenvalue weighted by molar-refractivity contribution is 6.30. The van der Waals surface area contributed by atoms with Gasteiger partial charge in [0.05, 0.1) is 0 Å². The quantitative estimate of drug-likeness (QED) is 0.876. The molecule has 1 amide bonds. The zero-order valence-electron chi connectivity index (χ0n) is 10.5. The standard InChI is InChI=1S/C13H19ClN2O/c1-10(11-4-6-12(14)7-5-11)15-9-8-13(17)16(2)3/h4-7,10,15H,8-9H2,1-3H3/t10-/m0/s1. The lowest BCUT2D eigenvalue weighted by Crippen LogP contribution is -2.28. The summed E-state index contributed by atoms with van der Waals surface area (Å²) in [5.74, 6) is 0.140. The van der Waals surface area contributed by atoms with Crippen LogP contribution < -0.4 is 5.32 Å². The van der Waals surface area contributed by atoms with Gasteiger partial charge in [-0.15, -0.1) is 0 Å². The molecule has 0 bridgehead atoms. The van der Waals surface area contributed by atoms with Crippen LogP contribution in [0.5, 0.6) is 0 Å². The lowest BCUT2D eigenvalue weighted by molar-refractivity contribution is -0.128.